The van der Waals surface area contributed by atoms with Crippen LogP contribution in [0, 0.1) is 0 Å². The van der Waals surface area contributed by atoms with Gasteiger partial charge in [-0.05, 0) is 36.2 Å². The molecular weight excluding hydrogens is 478 g/mol. The van der Waals surface area contributed by atoms with Crippen LogP contribution >= 0.6 is 34.3 Å². The number of aryl methyl sites for hydroxylation is 1. The van der Waals surface area contributed by atoms with E-state index in [1.54, 1.807) is 27.8 Å². The highest BCUT2D eigenvalue weighted by Gasteiger charge is 2.19. The molecule has 0 spiro atoms. The first-order valence-electron chi connectivity index (χ1n) is 10.2. The van der Waals surface area contributed by atoms with Crippen LogP contribution in [0.2, 0.25) is 5.02 Å². The summed E-state index contributed by atoms with van der Waals surface area (Å²) in [6, 6.07) is 15.1. The first-order chi connectivity index (χ1) is 15.9. The van der Waals surface area contributed by atoms with E-state index in [0.717, 1.165) is 17.7 Å². The molecule has 0 saturated carbocycles. The van der Waals surface area contributed by atoms with Crippen LogP contribution in [-0.4, -0.2) is 21.8 Å². The molecule has 0 unspecified atom stereocenters. The van der Waals surface area contributed by atoms with Crippen molar-refractivity contribution in [3.05, 3.63) is 81.3 Å². The van der Waals surface area contributed by atoms with Crippen LogP contribution in [-0.2, 0) is 22.6 Å². The van der Waals surface area contributed by atoms with Gasteiger partial charge in [-0.1, -0.05) is 42.8 Å². The third-order valence-electron chi connectivity index (χ3n) is 4.78. The molecule has 0 saturated heterocycles. The smallest absolute Gasteiger partial charge is 0.358 e. The fraction of sp³-hybridized carbons (Fsp3) is 0.167. The molecule has 2 aromatic carbocycles. The lowest BCUT2D eigenvalue weighted by molar-refractivity contribution is -0.115. The topological polar surface area (TPSA) is 72.4 Å². The van der Waals surface area contributed by atoms with E-state index in [1.165, 1.54) is 35.2 Å². The highest BCUT2D eigenvalue weighted by atomic mass is 35.5. The average Bonchev–Trinajstić information content (AvgIpc) is 3.48. The van der Waals surface area contributed by atoms with E-state index >= 15 is 0 Å². The summed E-state index contributed by atoms with van der Waals surface area (Å²) in [5, 5.41) is 5.24. The first kappa shape index (κ1) is 23.1. The number of carbonyl (C=O) groups is 2. The number of nitrogens with zero attached hydrogens (tertiary/aromatic N) is 3. The Kier molecular flexibility index (Phi) is 7.17. The Bertz CT molecular complexity index is 1280. The lowest BCUT2D eigenvalue weighted by atomic mass is 10.1. The van der Waals surface area contributed by atoms with Crippen LogP contribution in [0.15, 0.2) is 59.3 Å². The molecule has 1 amide bonds. The number of hydrogen-bond donors (Lipinski definition) is 0. The summed E-state index contributed by atoms with van der Waals surface area (Å²) in [4.78, 5) is 35.2. The van der Waals surface area contributed by atoms with Crippen LogP contribution in [0.4, 0.5) is 10.8 Å². The Balaban J connectivity index is 1.43. The van der Waals surface area contributed by atoms with E-state index in [0.29, 0.717) is 20.9 Å². The van der Waals surface area contributed by atoms with Gasteiger partial charge in [-0.2, -0.15) is 0 Å². The predicted octanol–water partition coefficient (Wildman–Crippen LogP) is 6.52. The largest absolute Gasteiger partial charge is 0.454 e. The molecule has 9 heteroatoms. The molecule has 4 rings (SSSR count). The molecule has 0 radical (unpaired) electrons. The minimum atomic E-state index is -0.535. The molecule has 168 valence electrons. The van der Waals surface area contributed by atoms with Crippen molar-refractivity contribution in [3.63, 3.8) is 0 Å². The molecular formula is C24H20ClN3O3S2. The van der Waals surface area contributed by atoms with Crippen molar-refractivity contribution in [1.29, 1.82) is 0 Å². The Labute approximate surface area is 204 Å². The third-order valence-corrected chi connectivity index (χ3v) is 6.79. The molecule has 0 aliphatic rings. The lowest BCUT2D eigenvalue weighted by Gasteiger charge is -2.18. The van der Waals surface area contributed by atoms with Crippen molar-refractivity contribution < 1.29 is 14.3 Å². The van der Waals surface area contributed by atoms with Crippen molar-refractivity contribution in [1.82, 2.24) is 9.97 Å². The summed E-state index contributed by atoms with van der Waals surface area (Å²) in [7, 11) is 0. The van der Waals surface area contributed by atoms with Crippen molar-refractivity contribution in [2.24, 2.45) is 0 Å². The Morgan fingerprint density at radius 1 is 1.06 bits per heavy atom. The highest BCUT2D eigenvalue weighted by molar-refractivity contribution is 7.14. The van der Waals surface area contributed by atoms with E-state index in [2.05, 4.69) is 16.9 Å². The second kappa shape index (κ2) is 10.2. The zero-order valence-corrected chi connectivity index (χ0v) is 20.3. The number of halogens is 1. The van der Waals surface area contributed by atoms with Crippen LogP contribution in [0.1, 0.15) is 35.6 Å². The Hall–Kier alpha value is -3.07. The summed E-state index contributed by atoms with van der Waals surface area (Å²) in [5.41, 5.74) is 3.56. The van der Waals surface area contributed by atoms with E-state index in [1.807, 2.05) is 36.4 Å². The van der Waals surface area contributed by atoms with Crippen molar-refractivity contribution in [2.45, 2.75) is 26.9 Å². The number of aromatic nitrogens is 2. The maximum absolute atomic E-state index is 12.5. The number of thiazole rings is 2. The third kappa shape index (κ3) is 5.47. The van der Waals surface area contributed by atoms with Gasteiger partial charge in [-0.3, -0.25) is 9.69 Å². The summed E-state index contributed by atoms with van der Waals surface area (Å²) >= 11 is 8.69. The minimum absolute atomic E-state index is 0.0140. The van der Waals surface area contributed by atoms with Crippen LogP contribution < -0.4 is 4.90 Å². The molecule has 33 heavy (non-hydrogen) atoms. The van der Waals surface area contributed by atoms with Crippen molar-refractivity contribution in [2.75, 3.05) is 4.90 Å². The lowest BCUT2D eigenvalue weighted by Crippen LogP contribution is -2.22. The molecule has 0 bridgehead atoms. The molecule has 0 atom stereocenters. The molecule has 2 aromatic heterocycles. The SMILES string of the molecule is CCc1ccc(N(C(C)=O)c2nc(COC(=O)c3csc(-c4cccc(Cl)c4)n3)cs2)cc1. The van der Waals surface area contributed by atoms with Gasteiger partial charge in [0.2, 0.25) is 5.91 Å². The number of amides is 1. The molecule has 0 aliphatic carbocycles. The Morgan fingerprint density at radius 2 is 1.85 bits per heavy atom. The van der Waals surface area contributed by atoms with Gasteiger partial charge in [0.15, 0.2) is 10.8 Å². The fourth-order valence-electron chi connectivity index (χ4n) is 3.11. The van der Waals surface area contributed by atoms with E-state index in [9.17, 15) is 9.59 Å². The quantitative estimate of drug-likeness (QED) is 0.271. The normalized spacial score (nSPS) is 10.8. The monoisotopic (exact) mass is 497 g/mol. The summed E-state index contributed by atoms with van der Waals surface area (Å²) < 4.78 is 5.40. The first-order valence-corrected chi connectivity index (χ1v) is 12.3. The second-order valence-electron chi connectivity index (χ2n) is 7.12. The Morgan fingerprint density at radius 3 is 2.55 bits per heavy atom. The van der Waals surface area contributed by atoms with Gasteiger partial charge in [0.1, 0.15) is 11.6 Å². The second-order valence-corrected chi connectivity index (χ2v) is 9.25. The van der Waals surface area contributed by atoms with Gasteiger partial charge in [0.05, 0.1) is 11.4 Å². The van der Waals surface area contributed by atoms with Crippen molar-refractivity contribution >= 4 is 57.0 Å². The zero-order valence-electron chi connectivity index (χ0n) is 17.9. The van der Waals surface area contributed by atoms with Crippen LogP contribution in [0.5, 0.6) is 0 Å². The number of anilines is 2. The number of benzene rings is 2. The maximum atomic E-state index is 12.5. The number of rotatable bonds is 7. The fourth-order valence-corrected chi connectivity index (χ4v) is 4.96. The van der Waals surface area contributed by atoms with E-state index in [-0.39, 0.29) is 18.2 Å². The van der Waals surface area contributed by atoms with Gasteiger partial charge >= 0.3 is 5.97 Å². The van der Waals surface area contributed by atoms with Gasteiger partial charge in [-0.15, -0.1) is 22.7 Å². The zero-order chi connectivity index (χ0) is 23.4. The van der Waals surface area contributed by atoms with E-state index in [4.69, 9.17) is 16.3 Å². The molecule has 4 aromatic rings. The molecule has 0 fully saturated rings. The number of hydrogen-bond acceptors (Lipinski definition) is 7. The van der Waals surface area contributed by atoms with Crippen molar-refractivity contribution in [3.8, 4) is 10.6 Å². The van der Waals surface area contributed by atoms with Gasteiger partial charge in [0.25, 0.3) is 0 Å². The van der Waals surface area contributed by atoms with E-state index < -0.39 is 5.97 Å². The number of esters is 1. The highest BCUT2D eigenvalue weighted by Crippen LogP contribution is 2.30. The summed E-state index contributed by atoms with van der Waals surface area (Å²) in [6.45, 7) is 3.56. The average molecular weight is 498 g/mol. The summed E-state index contributed by atoms with van der Waals surface area (Å²) in [6.07, 6.45) is 0.923. The van der Waals surface area contributed by atoms with Crippen LogP contribution in [0.3, 0.4) is 0 Å². The van der Waals surface area contributed by atoms with Gasteiger partial charge in [-0.25, -0.2) is 14.8 Å². The predicted molar refractivity (Wildman–Crippen MR) is 132 cm³/mol. The molecule has 0 aliphatic heterocycles. The molecule has 6 nitrogen and oxygen atoms in total. The molecule has 2 heterocycles. The number of ether oxygens (including phenoxy) is 1. The molecule has 0 N–H and O–H groups in total. The minimum Gasteiger partial charge on any atom is -0.454 e. The maximum Gasteiger partial charge on any atom is 0.358 e. The standard InChI is InChI=1S/C24H20ClN3O3S2/c1-3-16-7-9-20(10-8-16)28(15(2)29)24-26-19(13-33-24)12-31-23(30)21-14-32-22(27-21)17-5-4-6-18(25)11-17/h4-11,13-14H,3,12H2,1-2H3. The number of carbonyl (C=O) groups excluding carboxylic acids is 2. The van der Waals surface area contributed by atoms with Gasteiger partial charge in [0, 0.05) is 28.3 Å². The van der Waals surface area contributed by atoms with Gasteiger partial charge < -0.3 is 4.74 Å². The summed E-state index contributed by atoms with van der Waals surface area (Å²) in [5.74, 6) is -0.680. The van der Waals surface area contributed by atoms with Crippen LogP contribution in [0.25, 0.3) is 10.6 Å².